The molecule has 0 bridgehead atoms. The fraction of sp³-hybridized carbons (Fsp3) is 0.0667. The standard InChI is InChI=1S/C60H40N6/c1-3-11-51-41(9-1)45-27-35(17-21-53(45)63-51)37-19-23-55-47(29-37)49-31-39-15-16-40-32-50-48-30-38(36-18-22-54-46(28-36)42-10-2-4-12-52(42)64-54)20-24-56(48)66(60-14-6-8-26-62-60)58(50)34-44(40)43(39)33-57(49)65(55)59-13-5-7-25-61-59/h1-14,17-19,21-23,25-34,63-64H,15-16,20,24H2. The first-order valence-corrected chi connectivity index (χ1v) is 23.1. The highest BCUT2D eigenvalue weighted by molar-refractivity contribution is 6.14. The maximum Gasteiger partial charge on any atom is 0.137 e. The first-order valence-electron chi connectivity index (χ1n) is 23.1. The summed E-state index contributed by atoms with van der Waals surface area (Å²) in [5, 5.41) is 8.83. The van der Waals surface area contributed by atoms with Gasteiger partial charge in [0.25, 0.3) is 0 Å². The molecule has 6 heteroatoms. The molecule has 0 radical (unpaired) electrons. The van der Waals surface area contributed by atoms with E-state index in [1.54, 1.807) is 0 Å². The lowest BCUT2D eigenvalue weighted by molar-refractivity contribution is 0.879. The molecule has 0 fully saturated rings. The van der Waals surface area contributed by atoms with Gasteiger partial charge in [-0.1, -0.05) is 66.7 Å². The van der Waals surface area contributed by atoms with Crippen LogP contribution < -0.4 is 0 Å². The summed E-state index contributed by atoms with van der Waals surface area (Å²) < 4.78 is 4.80. The molecular formula is C60H40N6. The number of nitrogens with zero attached hydrogens (tertiary/aromatic N) is 4. The molecule has 6 aromatic heterocycles. The molecule has 310 valence electrons. The van der Waals surface area contributed by atoms with E-state index in [0.717, 1.165) is 53.9 Å². The van der Waals surface area contributed by atoms with Gasteiger partial charge in [0.2, 0.25) is 0 Å². The van der Waals surface area contributed by atoms with Crippen molar-refractivity contribution in [1.29, 1.82) is 0 Å². The predicted molar refractivity (Wildman–Crippen MR) is 273 cm³/mol. The number of para-hydroxylation sites is 2. The maximum atomic E-state index is 4.96. The second-order valence-corrected chi connectivity index (χ2v) is 18.2. The number of rotatable bonds is 4. The van der Waals surface area contributed by atoms with Crippen molar-refractivity contribution in [3.63, 3.8) is 0 Å². The Hall–Kier alpha value is -8.48. The molecule has 0 spiro atoms. The number of pyridine rings is 2. The van der Waals surface area contributed by atoms with Gasteiger partial charge >= 0.3 is 0 Å². The maximum absolute atomic E-state index is 4.96. The van der Waals surface area contributed by atoms with Gasteiger partial charge in [0, 0.05) is 83.4 Å². The molecule has 0 saturated heterocycles. The van der Waals surface area contributed by atoms with E-state index >= 15 is 0 Å². The first kappa shape index (κ1) is 35.9. The molecular weight excluding hydrogens is 805 g/mol. The molecule has 0 saturated carbocycles. The SMILES string of the molecule is C1=C(c2ccc3[nH]c4ccccc4c3c2)CCc2c1c1cc3c(cc1n2-c1ccccn1)-c1cc2c(cc1CC3)c1cc(-c3ccc4[nH]c5ccccc5c4c3)ccc1n2-c1ccccn1. The van der Waals surface area contributed by atoms with Gasteiger partial charge < -0.3 is 9.97 Å². The zero-order valence-electron chi connectivity index (χ0n) is 35.9. The van der Waals surface area contributed by atoms with Crippen LogP contribution in [0.2, 0.25) is 0 Å². The molecule has 2 aliphatic rings. The minimum absolute atomic E-state index is 0.917. The Morgan fingerprint density at radius 2 is 0.909 bits per heavy atom. The lowest BCUT2D eigenvalue weighted by atomic mass is 9.83. The van der Waals surface area contributed by atoms with Gasteiger partial charge in [-0.3, -0.25) is 9.13 Å². The van der Waals surface area contributed by atoms with Crippen molar-refractivity contribution >= 4 is 88.0 Å². The van der Waals surface area contributed by atoms with Crippen molar-refractivity contribution in [2.75, 3.05) is 0 Å². The topological polar surface area (TPSA) is 67.2 Å². The van der Waals surface area contributed by atoms with Gasteiger partial charge in [0.05, 0.1) is 16.6 Å². The van der Waals surface area contributed by atoms with Gasteiger partial charge in [-0.25, -0.2) is 9.97 Å². The van der Waals surface area contributed by atoms with E-state index in [1.807, 2.05) is 24.5 Å². The molecule has 13 aromatic rings. The van der Waals surface area contributed by atoms with E-state index in [2.05, 4.69) is 177 Å². The van der Waals surface area contributed by atoms with Crippen LogP contribution in [-0.2, 0) is 19.3 Å². The van der Waals surface area contributed by atoms with Crippen molar-refractivity contribution in [2.24, 2.45) is 0 Å². The Bertz CT molecular complexity index is 4220. The van der Waals surface area contributed by atoms with Gasteiger partial charge in [0.15, 0.2) is 0 Å². The Morgan fingerprint density at radius 3 is 1.58 bits per heavy atom. The van der Waals surface area contributed by atoms with Crippen LogP contribution in [0.15, 0.2) is 176 Å². The molecule has 0 aliphatic heterocycles. The number of H-pyrrole nitrogens is 2. The number of aromatic nitrogens is 6. The van der Waals surface area contributed by atoms with E-state index in [0.29, 0.717) is 0 Å². The number of fused-ring (bicyclic) bond motifs is 15. The smallest absolute Gasteiger partial charge is 0.137 e. The molecule has 7 aromatic carbocycles. The van der Waals surface area contributed by atoms with Crippen LogP contribution in [0.3, 0.4) is 0 Å². The van der Waals surface area contributed by atoms with Crippen LogP contribution >= 0.6 is 0 Å². The van der Waals surface area contributed by atoms with E-state index in [1.165, 1.54) is 116 Å². The summed E-state index contributed by atoms with van der Waals surface area (Å²) in [6.07, 6.45) is 10.1. The predicted octanol–water partition coefficient (Wildman–Crippen LogP) is 14.7. The quantitative estimate of drug-likeness (QED) is 0.185. The molecule has 0 amide bonds. The average Bonchev–Trinajstić information content (AvgIpc) is 4.12. The lowest BCUT2D eigenvalue weighted by Gasteiger charge is -2.21. The first-order chi connectivity index (χ1) is 32.7. The molecule has 2 N–H and O–H groups in total. The van der Waals surface area contributed by atoms with E-state index < -0.39 is 0 Å². The zero-order chi connectivity index (χ0) is 43.0. The molecule has 15 rings (SSSR count). The van der Waals surface area contributed by atoms with Crippen molar-refractivity contribution in [3.05, 3.63) is 204 Å². The third-order valence-electron chi connectivity index (χ3n) is 14.7. The third-order valence-corrected chi connectivity index (χ3v) is 14.7. The Kier molecular flexibility index (Phi) is 7.36. The summed E-state index contributed by atoms with van der Waals surface area (Å²) in [5.74, 6) is 1.88. The highest BCUT2D eigenvalue weighted by Gasteiger charge is 2.27. The van der Waals surface area contributed by atoms with Crippen molar-refractivity contribution < 1.29 is 0 Å². The zero-order valence-corrected chi connectivity index (χ0v) is 35.9. The number of aryl methyl sites for hydroxylation is 2. The second-order valence-electron chi connectivity index (χ2n) is 18.2. The van der Waals surface area contributed by atoms with E-state index in [9.17, 15) is 0 Å². The van der Waals surface area contributed by atoms with E-state index in [4.69, 9.17) is 9.97 Å². The highest BCUT2D eigenvalue weighted by atomic mass is 15.1. The number of aromatic amines is 2. The fourth-order valence-corrected chi connectivity index (χ4v) is 11.6. The number of benzene rings is 7. The Balaban J connectivity index is 0.917. The molecule has 0 atom stereocenters. The van der Waals surface area contributed by atoms with E-state index in [-0.39, 0.29) is 0 Å². The van der Waals surface area contributed by atoms with Crippen molar-refractivity contribution in [2.45, 2.75) is 25.7 Å². The fourth-order valence-electron chi connectivity index (χ4n) is 11.6. The third kappa shape index (κ3) is 5.18. The van der Waals surface area contributed by atoms with Gasteiger partial charge in [-0.05, 0) is 173 Å². The van der Waals surface area contributed by atoms with Crippen molar-refractivity contribution in [3.8, 4) is 33.9 Å². The molecule has 6 heterocycles. The summed E-state index contributed by atoms with van der Waals surface area (Å²) in [7, 11) is 0. The van der Waals surface area contributed by atoms with Crippen LogP contribution in [0.1, 0.15) is 34.4 Å². The Labute approximate surface area is 379 Å². The largest absolute Gasteiger partial charge is 0.355 e. The number of hydrogen-bond donors (Lipinski definition) is 2. The van der Waals surface area contributed by atoms with Crippen LogP contribution in [0.4, 0.5) is 0 Å². The average molecular weight is 845 g/mol. The van der Waals surface area contributed by atoms with Crippen LogP contribution in [0, 0.1) is 0 Å². The summed E-state index contributed by atoms with van der Waals surface area (Å²) >= 11 is 0. The normalized spacial score (nSPS) is 13.6. The molecule has 6 nitrogen and oxygen atoms in total. The summed E-state index contributed by atoms with van der Waals surface area (Å²) in [4.78, 5) is 17.1. The Morgan fingerprint density at radius 1 is 0.379 bits per heavy atom. The molecule has 0 unspecified atom stereocenters. The number of hydrogen-bond acceptors (Lipinski definition) is 2. The number of nitrogens with one attached hydrogen (secondary N) is 2. The molecule has 66 heavy (non-hydrogen) atoms. The summed E-state index contributed by atoms with van der Waals surface area (Å²) in [6.45, 7) is 0. The van der Waals surface area contributed by atoms with Gasteiger partial charge in [0.1, 0.15) is 11.6 Å². The van der Waals surface area contributed by atoms with Gasteiger partial charge in [-0.15, -0.1) is 0 Å². The molecule has 2 aliphatic carbocycles. The number of allylic oxidation sites excluding steroid dienone is 1. The van der Waals surface area contributed by atoms with Crippen LogP contribution in [0.25, 0.3) is 122 Å². The summed E-state index contributed by atoms with van der Waals surface area (Å²) in [6, 6.07) is 60.3. The highest BCUT2D eigenvalue weighted by Crippen LogP contribution is 2.46. The van der Waals surface area contributed by atoms with Crippen LogP contribution in [0.5, 0.6) is 0 Å². The van der Waals surface area contributed by atoms with Crippen molar-refractivity contribution in [1.82, 2.24) is 29.1 Å². The summed E-state index contributed by atoms with van der Waals surface area (Å²) in [5.41, 5.74) is 21.3. The van der Waals surface area contributed by atoms with Gasteiger partial charge in [-0.2, -0.15) is 0 Å². The minimum Gasteiger partial charge on any atom is -0.355 e. The van der Waals surface area contributed by atoms with Crippen LogP contribution in [-0.4, -0.2) is 29.1 Å². The lowest BCUT2D eigenvalue weighted by Crippen LogP contribution is -2.07. The minimum atomic E-state index is 0.917. The second kappa shape index (κ2) is 13.5. The monoisotopic (exact) mass is 844 g/mol.